The van der Waals surface area contributed by atoms with Gasteiger partial charge in [0.25, 0.3) is 0 Å². The van der Waals surface area contributed by atoms with Crippen LogP contribution in [0.15, 0.2) is 59.8 Å². The molecule has 23 heavy (non-hydrogen) atoms. The van der Waals surface area contributed by atoms with Crippen LogP contribution in [0.1, 0.15) is 11.1 Å². The number of nitrogens with two attached hydrogens (primary N) is 1. The van der Waals surface area contributed by atoms with Crippen LogP contribution in [0.25, 0.3) is 6.08 Å². The summed E-state index contributed by atoms with van der Waals surface area (Å²) in [6, 6.07) is 9.91. The summed E-state index contributed by atoms with van der Waals surface area (Å²) in [6.45, 7) is 0.449. The van der Waals surface area contributed by atoms with Crippen LogP contribution in [0.4, 0.5) is 0 Å². The molecule has 0 atom stereocenters. The van der Waals surface area contributed by atoms with Crippen LogP contribution in [-0.4, -0.2) is 25.9 Å². The van der Waals surface area contributed by atoms with E-state index in [0.717, 1.165) is 11.1 Å². The van der Waals surface area contributed by atoms with Gasteiger partial charge in [-0.1, -0.05) is 18.2 Å². The number of nitrogens with one attached hydrogen (secondary N) is 1. The monoisotopic (exact) mass is 331 g/mol. The Balaban J connectivity index is 1.80. The first-order chi connectivity index (χ1) is 10.9. The van der Waals surface area contributed by atoms with Crippen LogP contribution >= 0.6 is 0 Å². The first-order valence-electron chi connectivity index (χ1n) is 6.93. The zero-order chi connectivity index (χ0) is 16.7. The Morgan fingerprint density at radius 2 is 1.96 bits per heavy atom. The number of aromatic nitrogens is 1. The van der Waals surface area contributed by atoms with Gasteiger partial charge in [-0.3, -0.25) is 9.78 Å². The first kappa shape index (κ1) is 16.9. The number of hydrogen-bond donors (Lipinski definition) is 2. The molecule has 0 unspecified atom stereocenters. The molecule has 0 spiro atoms. The van der Waals surface area contributed by atoms with Crippen LogP contribution in [-0.2, 0) is 21.2 Å². The van der Waals surface area contributed by atoms with Gasteiger partial charge in [-0.15, -0.1) is 0 Å². The molecule has 0 aliphatic rings. The third-order valence-corrected chi connectivity index (χ3v) is 4.01. The maximum atomic E-state index is 11.7. The number of rotatable bonds is 6. The second kappa shape index (κ2) is 7.66. The van der Waals surface area contributed by atoms with E-state index in [1.54, 1.807) is 36.7 Å². The van der Waals surface area contributed by atoms with Gasteiger partial charge in [-0.25, -0.2) is 13.6 Å². The van der Waals surface area contributed by atoms with Crippen molar-refractivity contribution < 1.29 is 13.2 Å². The van der Waals surface area contributed by atoms with E-state index < -0.39 is 10.0 Å². The fourth-order valence-electron chi connectivity index (χ4n) is 1.88. The van der Waals surface area contributed by atoms with E-state index in [1.807, 2.05) is 6.07 Å². The van der Waals surface area contributed by atoms with E-state index in [0.29, 0.717) is 13.0 Å². The molecule has 0 fully saturated rings. The van der Waals surface area contributed by atoms with Crippen molar-refractivity contribution >= 4 is 22.0 Å². The van der Waals surface area contributed by atoms with Crippen molar-refractivity contribution in [3.8, 4) is 0 Å². The number of sulfonamides is 1. The molecule has 0 aliphatic heterocycles. The second-order valence-electron chi connectivity index (χ2n) is 4.85. The van der Waals surface area contributed by atoms with Crippen LogP contribution in [0, 0.1) is 0 Å². The molecule has 0 bridgehead atoms. The van der Waals surface area contributed by atoms with Gasteiger partial charge in [-0.2, -0.15) is 0 Å². The summed E-state index contributed by atoms with van der Waals surface area (Å²) >= 11 is 0. The number of hydrogen-bond acceptors (Lipinski definition) is 4. The van der Waals surface area contributed by atoms with Crippen molar-refractivity contribution in [2.45, 2.75) is 11.3 Å². The fourth-order valence-corrected chi connectivity index (χ4v) is 2.40. The molecular weight excluding hydrogens is 314 g/mol. The van der Waals surface area contributed by atoms with E-state index in [1.165, 1.54) is 18.2 Å². The molecule has 0 aliphatic carbocycles. The Bertz CT molecular complexity index is 785. The maximum Gasteiger partial charge on any atom is 0.244 e. The summed E-state index contributed by atoms with van der Waals surface area (Å²) < 4.78 is 22.3. The normalized spacial score (nSPS) is 11.5. The highest BCUT2D eigenvalue weighted by molar-refractivity contribution is 7.89. The molecule has 3 N–H and O–H groups in total. The van der Waals surface area contributed by atoms with Crippen molar-refractivity contribution in [1.82, 2.24) is 10.3 Å². The molecule has 6 nitrogen and oxygen atoms in total. The molecule has 0 saturated carbocycles. The Morgan fingerprint density at radius 1 is 1.22 bits per heavy atom. The second-order valence-corrected chi connectivity index (χ2v) is 6.41. The van der Waals surface area contributed by atoms with Crippen LogP contribution < -0.4 is 10.5 Å². The highest BCUT2D eigenvalue weighted by Gasteiger charge is 2.06. The van der Waals surface area contributed by atoms with Gasteiger partial charge < -0.3 is 5.32 Å². The number of carbonyl (C=O) groups excluding carboxylic acids is 1. The molecule has 1 aromatic heterocycles. The average molecular weight is 331 g/mol. The predicted octanol–water partition coefficient (Wildman–Crippen LogP) is 1.10. The van der Waals surface area contributed by atoms with Crippen molar-refractivity contribution in [2.24, 2.45) is 5.14 Å². The van der Waals surface area contributed by atoms with Crippen molar-refractivity contribution in [3.05, 3.63) is 66.0 Å². The minimum atomic E-state index is -3.67. The Labute approximate surface area is 135 Å². The van der Waals surface area contributed by atoms with Gasteiger partial charge >= 0.3 is 0 Å². The van der Waals surface area contributed by atoms with Gasteiger partial charge in [0.2, 0.25) is 15.9 Å². The van der Waals surface area contributed by atoms with Crippen molar-refractivity contribution in [3.63, 3.8) is 0 Å². The molecule has 1 amide bonds. The summed E-state index contributed by atoms with van der Waals surface area (Å²) in [6.07, 6.45) is 7.05. The number of primary sulfonamides is 1. The van der Waals surface area contributed by atoms with Gasteiger partial charge in [0.05, 0.1) is 4.90 Å². The van der Waals surface area contributed by atoms with Crippen molar-refractivity contribution in [1.29, 1.82) is 0 Å². The highest BCUT2D eigenvalue weighted by Crippen LogP contribution is 2.08. The van der Waals surface area contributed by atoms with E-state index in [-0.39, 0.29) is 10.8 Å². The number of amides is 1. The standard InChI is InChI=1S/C16H17N3O3S/c17-23(21,22)15-6-3-13(4-7-15)9-11-19-16(20)8-5-14-2-1-10-18-12-14/h1-8,10,12H,9,11H2,(H,19,20)(H2,17,21,22)/b8-5+. The summed E-state index contributed by atoms with van der Waals surface area (Å²) in [5.41, 5.74) is 1.76. The minimum Gasteiger partial charge on any atom is -0.352 e. The van der Waals surface area contributed by atoms with Crippen LogP contribution in [0.2, 0.25) is 0 Å². The van der Waals surface area contributed by atoms with Gasteiger partial charge in [0.15, 0.2) is 0 Å². The molecule has 2 aromatic rings. The third-order valence-electron chi connectivity index (χ3n) is 3.08. The quantitative estimate of drug-likeness (QED) is 0.774. The molecule has 2 rings (SSSR count). The number of benzene rings is 1. The summed E-state index contributed by atoms with van der Waals surface area (Å²) in [5.74, 6) is -0.199. The molecule has 0 radical (unpaired) electrons. The van der Waals surface area contributed by atoms with E-state index in [2.05, 4.69) is 10.3 Å². The lowest BCUT2D eigenvalue weighted by Gasteiger charge is -2.04. The third kappa shape index (κ3) is 5.65. The van der Waals surface area contributed by atoms with Gasteiger partial charge in [0, 0.05) is 25.0 Å². The minimum absolute atomic E-state index is 0.0738. The van der Waals surface area contributed by atoms with E-state index >= 15 is 0 Å². The molecule has 7 heteroatoms. The molecule has 120 valence electrons. The zero-order valence-electron chi connectivity index (χ0n) is 12.3. The number of nitrogens with zero attached hydrogens (tertiary/aromatic N) is 1. The van der Waals surface area contributed by atoms with Gasteiger partial charge in [0.1, 0.15) is 0 Å². The van der Waals surface area contributed by atoms with Gasteiger partial charge in [-0.05, 0) is 41.8 Å². The number of pyridine rings is 1. The topological polar surface area (TPSA) is 102 Å². The zero-order valence-corrected chi connectivity index (χ0v) is 13.2. The predicted molar refractivity (Wildman–Crippen MR) is 87.8 cm³/mol. The Kier molecular flexibility index (Phi) is 5.61. The SMILES string of the molecule is NS(=O)(=O)c1ccc(CCNC(=O)/C=C/c2cccnc2)cc1. The summed E-state index contributed by atoms with van der Waals surface area (Å²) in [7, 11) is -3.67. The number of carbonyl (C=O) groups is 1. The lowest BCUT2D eigenvalue weighted by Crippen LogP contribution is -2.23. The van der Waals surface area contributed by atoms with Crippen LogP contribution in [0.3, 0.4) is 0 Å². The summed E-state index contributed by atoms with van der Waals surface area (Å²) in [5, 5.41) is 7.79. The molecule has 1 heterocycles. The Hall–Kier alpha value is -2.51. The largest absolute Gasteiger partial charge is 0.352 e. The first-order valence-corrected chi connectivity index (χ1v) is 8.47. The maximum absolute atomic E-state index is 11.7. The Morgan fingerprint density at radius 3 is 2.57 bits per heavy atom. The van der Waals surface area contributed by atoms with E-state index in [9.17, 15) is 13.2 Å². The molecular formula is C16H17N3O3S. The fraction of sp³-hybridized carbons (Fsp3) is 0.125. The lowest BCUT2D eigenvalue weighted by molar-refractivity contribution is -0.116. The van der Waals surface area contributed by atoms with E-state index in [4.69, 9.17) is 5.14 Å². The van der Waals surface area contributed by atoms with Crippen molar-refractivity contribution in [2.75, 3.05) is 6.54 Å². The highest BCUT2D eigenvalue weighted by atomic mass is 32.2. The molecule has 1 aromatic carbocycles. The summed E-state index contributed by atoms with van der Waals surface area (Å²) in [4.78, 5) is 15.7. The lowest BCUT2D eigenvalue weighted by atomic mass is 10.1. The van der Waals surface area contributed by atoms with Crippen LogP contribution in [0.5, 0.6) is 0 Å². The smallest absolute Gasteiger partial charge is 0.244 e. The molecule has 0 saturated heterocycles. The average Bonchev–Trinajstić information content (AvgIpc) is 2.53.